The Balaban J connectivity index is 1.60. The second kappa shape index (κ2) is 8.96. The van der Waals surface area contributed by atoms with Gasteiger partial charge >= 0.3 is 6.36 Å². The van der Waals surface area contributed by atoms with Crippen LogP contribution in [0, 0.1) is 0 Å². The largest absolute Gasteiger partial charge is 0.573 e. The average Bonchev–Trinajstić information content (AvgIpc) is 3.12. The Morgan fingerprint density at radius 2 is 1.79 bits per heavy atom. The first-order chi connectivity index (χ1) is 15.7. The predicted molar refractivity (Wildman–Crippen MR) is 108 cm³/mol. The lowest BCUT2D eigenvalue weighted by Gasteiger charge is -2.23. The third-order valence-corrected chi connectivity index (χ3v) is 4.86. The van der Waals surface area contributed by atoms with Gasteiger partial charge in [-0.05, 0) is 30.3 Å². The molecule has 0 spiro atoms. The van der Waals surface area contributed by atoms with Crippen LogP contribution in [0.3, 0.4) is 0 Å². The Morgan fingerprint density at radius 1 is 1.09 bits per heavy atom. The van der Waals surface area contributed by atoms with Crippen molar-refractivity contribution in [2.75, 3.05) is 16.8 Å². The van der Waals surface area contributed by atoms with E-state index in [9.17, 15) is 26.7 Å². The van der Waals surface area contributed by atoms with Crippen LogP contribution in [0.2, 0.25) is 0 Å². The average molecular weight is 465 g/mol. The van der Waals surface area contributed by atoms with Gasteiger partial charge in [-0.1, -0.05) is 0 Å². The van der Waals surface area contributed by atoms with Crippen molar-refractivity contribution in [2.24, 2.45) is 0 Å². The first-order valence-electron chi connectivity index (χ1n) is 9.68. The van der Waals surface area contributed by atoms with Crippen LogP contribution in [0.25, 0.3) is 11.1 Å². The van der Waals surface area contributed by atoms with Gasteiger partial charge in [0, 0.05) is 48.4 Å². The van der Waals surface area contributed by atoms with Crippen LogP contribution in [-0.2, 0) is 0 Å². The normalized spacial score (nSPS) is 18.3. The summed E-state index contributed by atoms with van der Waals surface area (Å²) in [5, 5.41) is 2.54. The third kappa shape index (κ3) is 5.16. The highest BCUT2D eigenvalue weighted by atomic mass is 19.4. The zero-order valence-corrected chi connectivity index (χ0v) is 16.8. The van der Waals surface area contributed by atoms with E-state index in [-0.39, 0.29) is 30.0 Å². The van der Waals surface area contributed by atoms with E-state index in [2.05, 4.69) is 25.0 Å². The number of halogens is 5. The van der Waals surface area contributed by atoms with Crippen molar-refractivity contribution in [3.05, 3.63) is 60.8 Å². The number of hydrogen-bond acceptors (Lipinski definition) is 6. The number of nitrogens with one attached hydrogen (secondary N) is 1. The summed E-state index contributed by atoms with van der Waals surface area (Å²) in [6.07, 6.45) is -2.95. The number of hydrogen-bond donors (Lipinski definition) is 1. The summed E-state index contributed by atoms with van der Waals surface area (Å²) in [6, 6.07) is 6.03. The zero-order valence-electron chi connectivity index (χ0n) is 16.8. The molecule has 1 aromatic carbocycles. The smallest absolute Gasteiger partial charge is 0.406 e. The van der Waals surface area contributed by atoms with Crippen molar-refractivity contribution in [3.63, 3.8) is 0 Å². The summed E-state index contributed by atoms with van der Waals surface area (Å²) < 4.78 is 68.8. The summed E-state index contributed by atoms with van der Waals surface area (Å²) in [5.74, 6) is -0.906. The van der Waals surface area contributed by atoms with Crippen LogP contribution in [0.1, 0.15) is 16.8 Å². The molecule has 1 aliphatic rings. The molecule has 4 rings (SSSR count). The minimum atomic E-state index is -4.83. The fourth-order valence-corrected chi connectivity index (χ4v) is 3.35. The van der Waals surface area contributed by atoms with E-state index in [4.69, 9.17) is 0 Å². The number of alkyl halides is 5. The molecule has 0 aliphatic carbocycles. The molecule has 3 heterocycles. The van der Waals surface area contributed by atoms with E-state index in [1.54, 1.807) is 0 Å². The van der Waals surface area contributed by atoms with Crippen molar-refractivity contribution in [3.8, 4) is 16.9 Å². The van der Waals surface area contributed by atoms with Gasteiger partial charge in [-0.3, -0.25) is 4.79 Å². The van der Waals surface area contributed by atoms with Crippen molar-refractivity contribution in [1.82, 2.24) is 15.0 Å². The second-order valence-corrected chi connectivity index (χ2v) is 7.12. The molecule has 0 bridgehead atoms. The van der Waals surface area contributed by atoms with Crippen LogP contribution in [0.15, 0.2) is 55.2 Å². The van der Waals surface area contributed by atoms with E-state index < -0.39 is 30.5 Å². The molecule has 2 aromatic heterocycles. The number of ether oxygens (including phenoxy) is 1. The van der Waals surface area contributed by atoms with Crippen LogP contribution < -0.4 is 15.0 Å². The molecule has 33 heavy (non-hydrogen) atoms. The van der Waals surface area contributed by atoms with Gasteiger partial charge in [-0.25, -0.2) is 23.7 Å². The standard InChI is InChI=1S/C21H16F5N5O2/c22-17-5-6-31(18(17)23)19-16(13-8-27-11-28-9-13)7-12(10-29-19)20(32)30-14-1-3-15(4-2-14)33-21(24,25)26/h1-4,7-11,17-18H,5-6H2,(H,30,32). The fourth-order valence-electron chi connectivity index (χ4n) is 3.35. The lowest BCUT2D eigenvalue weighted by Crippen LogP contribution is -2.30. The summed E-state index contributed by atoms with van der Waals surface area (Å²) >= 11 is 0. The summed E-state index contributed by atoms with van der Waals surface area (Å²) in [5.41, 5.74) is 1.07. The van der Waals surface area contributed by atoms with Gasteiger partial charge in [0.15, 0.2) is 6.17 Å². The number of carbonyl (C=O) groups excluding carboxylic acids is 1. The third-order valence-electron chi connectivity index (χ3n) is 4.86. The Labute approximate surface area is 184 Å². The molecular formula is C21H16F5N5O2. The lowest BCUT2D eigenvalue weighted by molar-refractivity contribution is -0.274. The number of aromatic nitrogens is 3. The van der Waals surface area contributed by atoms with Crippen LogP contribution in [-0.4, -0.2) is 46.2 Å². The van der Waals surface area contributed by atoms with Gasteiger partial charge in [0.05, 0.1) is 5.56 Å². The van der Waals surface area contributed by atoms with E-state index >= 15 is 0 Å². The summed E-state index contributed by atoms with van der Waals surface area (Å²) in [4.78, 5) is 25.9. The number of rotatable bonds is 5. The molecule has 1 aliphatic heterocycles. The quantitative estimate of drug-likeness (QED) is 0.441. The monoisotopic (exact) mass is 465 g/mol. The Morgan fingerprint density at radius 3 is 2.39 bits per heavy atom. The molecule has 2 atom stereocenters. The number of carbonyl (C=O) groups is 1. The minimum absolute atomic E-state index is 0.00383. The van der Waals surface area contributed by atoms with Gasteiger partial charge in [0.1, 0.15) is 17.9 Å². The lowest BCUT2D eigenvalue weighted by atomic mass is 10.1. The molecule has 12 heteroatoms. The van der Waals surface area contributed by atoms with Gasteiger partial charge in [0.25, 0.3) is 5.91 Å². The fraction of sp³-hybridized carbons (Fsp3) is 0.238. The van der Waals surface area contributed by atoms with Crippen LogP contribution >= 0.6 is 0 Å². The van der Waals surface area contributed by atoms with E-state index in [1.807, 2.05) is 0 Å². The van der Waals surface area contributed by atoms with Crippen molar-refractivity contribution >= 4 is 17.4 Å². The maximum Gasteiger partial charge on any atom is 0.573 e. The highest BCUT2D eigenvalue weighted by Crippen LogP contribution is 2.35. The number of anilines is 2. The SMILES string of the molecule is O=C(Nc1ccc(OC(F)(F)F)cc1)c1cnc(N2CCC(F)C2F)c(-c2cncnc2)c1. The molecule has 1 fully saturated rings. The maximum atomic E-state index is 14.4. The number of benzene rings is 1. The van der Waals surface area contributed by atoms with E-state index in [0.29, 0.717) is 11.1 Å². The zero-order chi connectivity index (χ0) is 23.6. The van der Waals surface area contributed by atoms with Gasteiger partial charge in [-0.15, -0.1) is 13.2 Å². The van der Waals surface area contributed by atoms with Gasteiger partial charge in [0.2, 0.25) is 6.30 Å². The summed E-state index contributed by atoms with van der Waals surface area (Å²) in [7, 11) is 0. The molecule has 3 aromatic rings. The first kappa shape index (κ1) is 22.4. The van der Waals surface area contributed by atoms with Crippen LogP contribution in [0.5, 0.6) is 5.75 Å². The number of nitrogens with zero attached hydrogens (tertiary/aromatic N) is 4. The Kier molecular flexibility index (Phi) is 6.07. The number of amides is 1. The molecule has 0 radical (unpaired) electrons. The maximum absolute atomic E-state index is 14.4. The molecule has 7 nitrogen and oxygen atoms in total. The van der Waals surface area contributed by atoms with E-state index in [0.717, 1.165) is 12.1 Å². The van der Waals surface area contributed by atoms with Crippen molar-refractivity contribution < 1.29 is 31.5 Å². The number of pyridine rings is 1. The highest BCUT2D eigenvalue weighted by Gasteiger charge is 2.36. The topological polar surface area (TPSA) is 80.2 Å². The van der Waals surface area contributed by atoms with Gasteiger partial charge in [-0.2, -0.15) is 0 Å². The highest BCUT2D eigenvalue weighted by molar-refractivity contribution is 6.05. The molecule has 2 unspecified atom stereocenters. The predicted octanol–water partition coefficient (Wildman–Crippen LogP) is 4.53. The Hall–Kier alpha value is -3.83. The molecule has 1 saturated heterocycles. The minimum Gasteiger partial charge on any atom is -0.406 e. The van der Waals surface area contributed by atoms with E-state index in [1.165, 1.54) is 48.0 Å². The molecule has 1 amide bonds. The molecule has 1 N–H and O–H groups in total. The van der Waals surface area contributed by atoms with Crippen LogP contribution in [0.4, 0.5) is 33.5 Å². The Bertz CT molecular complexity index is 1130. The first-order valence-corrected chi connectivity index (χ1v) is 9.68. The van der Waals surface area contributed by atoms with Crippen molar-refractivity contribution in [2.45, 2.75) is 25.3 Å². The summed E-state index contributed by atoms with van der Waals surface area (Å²) in [6.45, 7) is 0.105. The molecular weight excluding hydrogens is 449 g/mol. The molecule has 172 valence electrons. The van der Waals surface area contributed by atoms with Gasteiger partial charge < -0.3 is 15.0 Å². The van der Waals surface area contributed by atoms with Crippen molar-refractivity contribution in [1.29, 1.82) is 0 Å². The second-order valence-electron chi connectivity index (χ2n) is 7.12. The molecule has 0 saturated carbocycles.